The fourth-order valence-electron chi connectivity index (χ4n) is 1.93. The van der Waals surface area contributed by atoms with Crippen LogP contribution < -0.4 is 5.36 Å². The molecule has 1 heterocycles. The van der Waals surface area contributed by atoms with Gasteiger partial charge in [-0.1, -0.05) is 32.0 Å². The summed E-state index contributed by atoms with van der Waals surface area (Å²) in [4.78, 5) is 0. The van der Waals surface area contributed by atoms with Crippen molar-refractivity contribution in [3.05, 3.63) is 41.4 Å². The van der Waals surface area contributed by atoms with E-state index >= 15 is 0 Å². The van der Waals surface area contributed by atoms with Crippen molar-refractivity contribution in [2.24, 2.45) is 7.05 Å². The van der Waals surface area contributed by atoms with Crippen LogP contribution in [0.1, 0.15) is 25.3 Å². The SMILES string of the molecule is CC(C)c1cn(C)c2ccccc2c1=N. The van der Waals surface area contributed by atoms with Crippen LogP contribution in [-0.2, 0) is 7.05 Å². The molecule has 0 unspecified atom stereocenters. The quantitative estimate of drug-likeness (QED) is 0.733. The predicted molar refractivity (Wildman–Crippen MR) is 62.9 cm³/mol. The standard InChI is InChI=1S/C13H16N2/c1-9(2)11-8-15(3)12-7-5-4-6-10(12)13(11)14/h4-9,14H,1-3H3. The average molecular weight is 200 g/mol. The van der Waals surface area contributed by atoms with E-state index in [4.69, 9.17) is 5.41 Å². The van der Waals surface area contributed by atoms with Gasteiger partial charge in [-0.2, -0.15) is 0 Å². The van der Waals surface area contributed by atoms with Crippen molar-refractivity contribution in [2.75, 3.05) is 0 Å². The van der Waals surface area contributed by atoms with E-state index in [2.05, 4.69) is 30.7 Å². The summed E-state index contributed by atoms with van der Waals surface area (Å²) in [6.07, 6.45) is 2.06. The van der Waals surface area contributed by atoms with Crippen LogP contribution >= 0.6 is 0 Å². The fourth-order valence-corrected chi connectivity index (χ4v) is 1.93. The number of rotatable bonds is 1. The Morgan fingerprint density at radius 1 is 1.20 bits per heavy atom. The zero-order valence-corrected chi connectivity index (χ0v) is 9.41. The van der Waals surface area contributed by atoms with Crippen molar-refractivity contribution in [1.29, 1.82) is 5.41 Å². The highest BCUT2D eigenvalue weighted by atomic mass is 14.9. The van der Waals surface area contributed by atoms with Gasteiger partial charge in [0.1, 0.15) is 0 Å². The molecule has 0 aliphatic carbocycles. The molecule has 2 rings (SSSR count). The summed E-state index contributed by atoms with van der Waals surface area (Å²) in [5.74, 6) is 0.397. The number of fused-ring (bicyclic) bond motifs is 1. The molecule has 0 atom stereocenters. The topological polar surface area (TPSA) is 28.8 Å². The molecular formula is C13H16N2. The Kier molecular flexibility index (Phi) is 2.35. The van der Waals surface area contributed by atoms with Gasteiger partial charge in [-0.05, 0) is 17.5 Å². The van der Waals surface area contributed by atoms with Gasteiger partial charge >= 0.3 is 0 Å². The molecule has 0 saturated carbocycles. The summed E-state index contributed by atoms with van der Waals surface area (Å²) in [6, 6.07) is 8.07. The number of aryl methyl sites for hydroxylation is 1. The second-order valence-electron chi connectivity index (χ2n) is 4.24. The molecule has 0 radical (unpaired) electrons. The van der Waals surface area contributed by atoms with Gasteiger partial charge in [0, 0.05) is 24.1 Å². The Labute approximate surface area is 89.7 Å². The molecule has 15 heavy (non-hydrogen) atoms. The zero-order chi connectivity index (χ0) is 11.0. The molecule has 2 nitrogen and oxygen atoms in total. The first kappa shape index (κ1) is 9.97. The summed E-state index contributed by atoms with van der Waals surface area (Å²) in [7, 11) is 2.04. The third-order valence-electron chi connectivity index (χ3n) is 2.80. The highest BCUT2D eigenvalue weighted by Crippen LogP contribution is 2.15. The third-order valence-corrected chi connectivity index (χ3v) is 2.80. The Balaban J connectivity index is 2.91. The predicted octanol–water partition coefficient (Wildman–Crippen LogP) is 2.78. The largest absolute Gasteiger partial charge is 0.350 e. The highest BCUT2D eigenvalue weighted by Gasteiger charge is 2.06. The van der Waals surface area contributed by atoms with Crippen molar-refractivity contribution >= 4 is 10.9 Å². The van der Waals surface area contributed by atoms with Crippen molar-refractivity contribution in [2.45, 2.75) is 19.8 Å². The molecule has 0 aliphatic heterocycles. The average Bonchev–Trinajstić information content (AvgIpc) is 2.23. The summed E-state index contributed by atoms with van der Waals surface area (Å²) in [5.41, 5.74) is 2.23. The van der Waals surface area contributed by atoms with Crippen LogP contribution in [0.25, 0.3) is 10.9 Å². The van der Waals surface area contributed by atoms with Gasteiger partial charge < -0.3 is 4.57 Å². The number of pyridine rings is 1. The van der Waals surface area contributed by atoms with Gasteiger partial charge in [0.2, 0.25) is 0 Å². The minimum atomic E-state index is 0.397. The minimum absolute atomic E-state index is 0.397. The molecule has 0 saturated heterocycles. The van der Waals surface area contributed by atoms with E-state index in [-0.39, 0.29) is 0 Å². The lowest BCUT2D eigenvalue weighted by atomic mass is 10.0. The lowest BCUT2D eigenvalue weighted by Gasteiger charge is -2.12. The fraction of sp³-hybridized carbons (Fsp3) is 0.308. The molecule has 0 amide bonds. The number of hydrogen-bond donors (Lipinski definition) is 1. The number of nitrogens with zero attached hydrogens (tertiary/aromatic N) is 1. The first-order chi connectivity index (χ1) is 7.11. The van der Waals surface area contributed by atoms with Crippen LogP contribution in [0.4, 0.5) is 0 Å². The number of aromatic nitrogens is 1. The smallest absolute Gasteiger partial charge is 0.0682 e. The number of para-hydroxylation sites is 1. The van der Waals surface area contributed by atoms with E-state index in [0.717, 1.165) is 16.5 Å². The number of benzene rings is 1. The van der Waals surface area contributed by atoms with Crippen molar-refractivity contribution in [1.82, 2.24) is 4.57 Å². The summed E-state index contributed by atoms with van der Waals surface area (Å²) < 4.78 is 2.10. The van der Waals surface area contributed by atoms with E-state index in [9.17, 15) is 0 Å². The number of nitrogens with one attached hydrogen (secondary N) is 1. The van der Waals surface area contributed by atoms with Crippen LogP contribution in [0.2, 0.25) is 0 Å². The number of hydrogen-bond acceptors (Lipinski definition) is 1. The summed E-state index contributed by atoms with van der Waals surface area (Å²) >= 11 is 0. The van der Waals surface area contributed by atoms with Crippen molar-refractivity contribution < 1.29 is 0 Å². The third kappa shape index (κ3) is 1.56. The van der Waals surface area contributed by atoms with Gasteiger partial charge in [-0.25, -0.2) is 0 Å². The molecule has 0 bridgehead atoms. The van der Waals surface area contributed by atoms with Gasteiger partial charge in [0.15, 0.2) is 0 Å². The van der Waals surface area contributed by atoms with Crippen LogP contribution in [0.3, 0.4) is 0 Å². The minimum Gasteiger partial charge on any atom is -0.350 e. The zero-order valence-electron chi connectivity index (χ0n) is 9.41. The molecule has 1 aromatic heterocycles. The van der Waals surface area contributed by atoms with Crippen LogP contribution in [-0.4, -0.2) is 4.57 Å². The molecular weight excluding hydrogens is 184 g/mol. The van der Waals surface area contributed by atoms with E-state index in [1.165, 1.54) is 0 Å². The lowest BCUT2D eigenvalue weighted by molar-refractivity contribution is 0.813. The van der Waals surface area contributed by atoms with E-state index in [1.54, 1.807) is 0 Å². The van der Waals surface area contributed by atoms with E-state index < -0.39 is 0 Å². The Morgan fingerprint density at radius 3 is 2.53 bits per heavy atom. The molecule has 2 heteroatoms. The van der Waals surface area contributed by atoms with Gasteiger partial charge in [-0.15, -0.1) is 0 Å². The van der Waals surface area contributed by atoms with Gasteiger partial charge in [-0.3, -0.25) is 5.41 Å². The molecule has 2 aromatic rings. The second kappa shape index (κ2) is 3.54. The molecule has 78 valence electrons. The maximum absolute atomic E-state index is 8.15. The molecule has 1 N–H and O–H groups in total. The van der Waals surface area contributed by atoms with Gasteiger partial charge in [0.05, 0.1) is 5.36 Å². The summed E-state index contributed by atoms with van der Waals surface area (Å²) in [5, 5.41) is 9.85. The lowest BCUT2D eigenvalue weighted by Crippen LogP contribution is -2.14. The summed E-state index contributed by atoms with van der Waals surface area (Å²) in [6.45, 7) is 4.25. The van der Waals surface area contributed by atoms with Crippen LogP contribution in [0, 0.1) is 5.41 Å². The molecule has 0 spiro atoms. The molecule has 0 fully saturated rings. The van der Waals surface area contributed by atoms with Crippen molar-refractivity contribution in [3.8, 4) is 0 Å². The maximum atomic E-state index is 8.15. The first-order valence-electron chi connectivity index (χ1n) is 5.24. The second-order valence-corrected chi connectivity index (χ2v) is 4.24. The van der Waals surface area contributed by atoms with E-state index in [0.29, 0.717) is 11.3 Å². The van der Waals surface area contributed by atoms with Crippen LogP contribution in [0.15, 0.2) is 30.5 Å². The van der Waals surface area contributed by atoms with E-state index in [1.807, 2.05) is 25.2 Å². The first-order valence-corrected chi connectivity index (χ1v) is 5.24. The molecule has 0 aliphatic rings. The molecule has 1 aromatic carbocycles. The maximum Gasteiger partial charge on any atom is 0.0682 e. The van der Waals surface area contributed by atoms with Gasteiger partial charge in [0.25, 0.3) is 0 Å². The van der Waals surface area contributed by atoms with Crippen molar-refractivity contribution in [3.63, 3.8) is 0 Å². The Bertz CT molecular complexity index is 550. The Hall–Kier alpha value is -1.57. The van der Waals surface area contributed by atoms with Crippen LogP contribution in [0.5, 0.6) is 0 Å². The monoisotopic (exact) mass is 200 g/mol. The highest BCUT2D eigenvalue weighted by molar-refractivity contribution is 5.79. The Morgan fingerprint density at radius 2 is 1.87 bits per heavy atom. The normalized spacial score (nSPS) is 11.2.